The molecule has 0 spiro atoms. The van der Waals surface area contributed by atoms with E-state index in [9.17, 15) is 14.4 Å². The third-order valence-corrected chi connectivity index (χ3v) is 6.12. The van der Waals surface area contributed by atoms with Crippen LogP contribution in [0.25, 0.3) is 0 Å². The van der Waals surface area contributed by atoms with Crippen LogP contribution in [-0.2, 0) is 15.1 Å². The predicted octanol–water partition coefficient (Wildman–Crippen LogP) is 2.80. The topological polar surface area (TPSA) is 69.7 Å². The van der Waals surface area contributed by atoms with E-state index in [4.69, 9.17) is 0 Å². The van der Waals surface area contributed by atoms with Crippen molar-refractivity contribution in [2.24, 2.45) is 5.92 Å². The largest absolute Gasteiger partial charge is 0.341 e. The Morgan fingerprint density at radius 2 is 1.78 bits per heavy atom. The molecule has 1 atom stereocenters. The molecular weight excluding hydrogens is 342 g/mol. The fourth-order valence-electron chi connectivity index (χ4n) is 4.00. The van der Waals surface area contributed by atoms with Crippen LogP contribution in [0.15, 0.2) is 24.3 Å². The van der Waals surface area contributed by atoms with Gasteiger partial charge in [0.2, 0.25) is 5.91 Å². The van der Waals surface area contributed by atoms with Crippen LogP contribution < -0.4 is 5.32 Å². The Labute approximate surface area is 160 Å². The Balaban J connectivity index is 1.70. The number of nitrogens with one attached hydrogen (secondary N) is 1. The lowest BCUT2D eigenvalue weighted by Crippen LogP contribution is -2.47. The van der Waals surface area contributed by atoms with Gasteiger partial charge in [0.25, 0.3) is 5.91 Å². The van der Waals surface area contributed by atoms with Crippen LogP contribution in [-0.4, -0.2) is 47.3 Å². The molecule has 1 aromatic carbocycles. The van der Waals surface area contributed by atoms with Gasteiger partial charge < -0.3 is 10.2 Å². The first-order valence-electron chi connectivity index (χ1n) is 9.69. The lowest BCUT2D eigenvalue weighted by Gasteiger charge is -2.34. The molecule has 4 amide bonds. The average Bonchev–Trinajstić information content (AvgIpc) is 2.86. The zero-order chi connectivity index (χ0) is 19.8. The van der Waals surface area contributed by atoms with E-state index < -0.39 is 11.6 Å². The number of imide groups is 1. The second-order valence-corrected chi connectivity index (χ2v) is 8.23. The molecular formula is C21H29N3O3. The number of aryl methyl sites for hydroxylation is 1. The number of carbonyl (C=O) groups is 3. The molecule has 2 aliphatic rings. The van der Waals surface area contributed by atoms with Crippen molar-refractivity contribution in [1.29, 1.82) is 0 Å². The van der Waals surface area contributed by atoms with Crippen molar-refractivity contribution in [3.05, 3.63) is 35.4 Å². The van der Waals surface area contributed by atoms with Crippen molar-refractivity contribution >= 4 is 17.8 Å². The molecule has 1 unspecified atom stereocenters. The molecule has 3 rings (SSSR count). The maximum absolute atomic E-state index is 13.0. The van der Waals surface area contributed by atoms with Crippen LogP contribution in [0.3, 0.4) is 0 Å². The van der Waals surface area contributed by atoms with E-state index in [-0.39, 0.29) is 24.4 Å². The number of urea groups is 1. The summed E-state index contributed by atoms with van der Waals surface area (Å²) in [6, 6.07) is 7.18. The number of hydrogen-bond donors (Lipinski definition) is 1. The van der Waals surface area contributed by atoms with Crippen LogP contribution in [0.4, 0.5) is 4.79 Å². The molecule has 0 aromatic heterocycles. The molecule has 1 saturated heterocycles. The highest BCUT2D eigenvalue weighted by Gasteiger charge is 2.49. The summed E-state index contributed by atoms with van der Waals surface area (Å²) in [4.78, 5) is 40.9. The van der Waals surface area contributed by atoms with Gasteiger partial charge in [-0.1, -0.05) is 36.8 Å². The Kier molecular flexibility index (Phi) is 5.27. The van der Waals surface area contributed by atoms with E-state index in [1.54, 1.807) is 18.9 Å². The Morgan fingerprint density at radius 3 is 2.37 bits per heavy atom. The highest BCUT2D eigenvalue weighted by molar-refractivity contribution is 6.09. The quantitative estimate of drug-likeness (QED) is 0.828. The van der Waals surface area contributed by atoms with Crippen LogP contribution in [0.2, 0.25) is 0 Å². The van der Waals surface area contributed by atoms with Gasteiger partial charge in [-0.25, -0.2) is 4.79 Å². The molecule has 6 heteroatoms. The summed E-state index contributed by atoms with van der Waals surface area (Å²) in [5.41, 5.74) is 0.662. The minimum absolute atomic E-state index is 0.189. The summed E-state index contributed by atoms with van der Waals surface area (Å²) in [6.07, 6.45) is 4.17. The highest BCUT2D eigenvalue weighted by atomic mass is 16.2. The van der Waals surface area contributed by atoms with E-state index in [2.05, 4.69) is 12.2 Å². The van der Waals surface area contributed by atoms with Gasteiger partial charge in [0.15, 0.2) is 0 Å². The number of nitrogens with zero attached hydrogens (tertiary/aromatic N) is 2. The van der Waals surface area contributed by atoms with Gasteiger partial charge in [-0.15, -0.1) is 0 Å². The molecule has 0 bridgehead atoms. The number of benzene rings is 1. The predicted molar refractivity (Wildman–Crippen MR) is 103 cm³/mol. The molecule has 1 aliphatic heterocycles. The van der Waals surface area contributed by atoms with Crippen molar-refractivity contribution in [3.8, 4) is 0 Å². The maximum Gasteiger partial charge on any atom is 0.325 e. The SMILES string of the molecule is Cc1ccc(C2(C)NC(=O)N(CC(=O)N(C)C3CCC(C)CC3)C2=O)cc1. The summed E-state index contributed by atoms with van der Waals surface area (Å²) < 4.78 is 0. The number of rotatable bonds is 4. The molecule has 1 aromatic rings. The fraction of sp³-hybridized carbons (Fsp3) is 0.571. The van der Waals surface area contributed by atoms with Gasteiger partial charge in [0.05, 0.1) is 0 Å². The normalized spacial score (nSPS) is 28.2. The summed E-state index contributed by atoms with van der Waals surface area (Å²) >= 11 is 0. The van der Waals surface area contributed by atoms with Gasteiger partial charge in [-0.2, -0.15) is 0 Å². The second-order valence-electron chi connectivity index (χ2n) is 8.23. The number of carbonyl (C=O) groups excluding carboxylic acids is 3. The van der Waals surface area contributed by atoms with Crippen LogP contribution >= 0.6 is 0 Å². The third-order valence-electron chi connectivity index (χ3n) is 6.12. The minimum Gasteiger partial charge on any atom is -0.341 e. The van der Waals surface area contributed by atoms with E-state index >= 15 is 0 Å². The van der Waals surface area contributed by atoms with E-state index in [0.717, 1.165) is 41.7 Å². The van der Waals surface area contributed by atoms with Gasteiger partial charge in [-0.3, -0.25) is 14.5 Å². The van der Waals surface area contributed by atoms with Crippen molar-refractivity contribution < 1.29 is 14.4 Å². The molecule has 0 radical (unpaired) electrons. The average molecular weight is 371 g/mol. The Hall–Kier alpha value is -2.37. The van der Waals surface area contributed by atoms with Crippen molar-refractivity contribution in [2.75, 3.05) is 13.6 Å². The van der Waals surface area contributed by atoms with Crippen molar-refractivity contribution in [2.45, 2.75) is 58.0 Å². The van der Waals surface area contributed by atoms with Crippen LogP contribution in [0.5, 0.6) is 0 Å². The van der Waals surface area contributed by atoms with E-state index in [0.29, 0.717) is 5.92 Å². The highest BCUT2D eigenvalue weighted by Crippen LogP contribution is 2.30. The summed E-state index contributed by atoms with van der Waals surface area (Å²) in [5.74, 6) is 0.132. The van der Waals surface area contributed by atoms with E-state index in [1.807, 2.05) is 31.2 Å². The lowest BCUT2D eigenvalue weighted by molar-refractivity contribution is -0.139. The molecule has 2 fully saturated rings. The van der Waals surface area contributed by atoms with Gasteiger partial charge in [0.1, 0.15) is 12.1 Å². The molecule has 1 heterocycles. The molecule has 6 nitrogen and oxygen atoms in total. The van der Waals surface area contributed by atoms with Crippen LogP contribution in [0.1, 0.15) is 50.7 Å². The van der Waals surface area contributed by atoms with Crippen molar-refractivity contribution in [3.63, 3.8) is 0 Å². The summed E-state index contributed by atoms with van der Waals surface area (Å²) in [6.45, 7) is 5.68. The molecule has 1 saturated carbocycles. The van der Waals surface area contributed by atoms with Crippen molar-refractivity contribution in [1.82, 2.24) is 15.1 Å². The second kappa shape index (κ2) is 7.33. The number of amides is 4. The Bertz CT molecular complexity index is 738. The van der Waals surface area contributed by atoms with Crippen LogP contribution in [0, 0.1) is 12.8 Å². The standard InChI is InChI=1S/C21H29N3O3/c1-14-5-9-16(10-6-14)21(3)19(26)24(20(27)22-21)13-18(25)23(4)17-11-7-15(2)8-12-17/h5-6,9-10,15,17H,7-8,11-13H2,1-4H3,(H,22,27). The van der Waals surface area contributed by atoms with E-state index in [1.165, 1.54) is 0 Å². The number of hydrogen-bond acceptors (Lipinski definition) is 3. The minimum atomic E-state index is -1.14. The van der Waals surface area contributed by atoms with Gasteiger partial charge in [0, 0.05) is 13.1 Å². The smallest absolute Gasteiger partial charge is 0.325 e. The molecule has 1 aliphatic carbocycles. The lowest BCUT2D eigenvalue weighted by atomic mass is 9.87. The first-order chi connectivity index (χ1) is 12.7. The third kappa shape index (κ3) is 3.70. The first kappa shape index (κ1) is 19.4. The fourth-order valence-corrected chi connectivity index (χ4v) is 4.00. The summed E-state index contributed by atoms with van der Waals surface area (Å²) in [7, 11) is 1.78. The maximum atomic E-state index is 13.0. The van der Waals surface area contributed by atoms with Gasteiger partial charge >= 0.3 is 6.03 Å². The Morgan fingerprint density at radius 1 is 1.19 bits per heavy atom. The zero-order valence-electron chi connectivity index (χ0n) is 16.6. The first-order valence-corrected chi connectivity index (χ1v) is 9.69. The summed E-state index contributed by atoms with van der Waals surface area (Å²) in [5, 5.41) is 2.76. The van der Waals surface area contributed by atoms with Gasteiger partial charge in [-0.05, 0) is 51.0 Å². The monoisotopic (exact) mass is 371 g/mol. The molecule has 146 valence electrons. The zero-order valence-corrected chi connectivity index (χ0v) is 16.6. The molecule has 27 heavy (non-hydrogen) atoms. The number of likely N-dealkylation sites (N-methyl/N-ethyl adjacent to an activating group) is 1. The molecule has 1 N–H and O–H groups in total.